The van der Waals surface area contributed by atoms with Gasteiger partial charge in [-0.1, -0.05) is 20.3 Å². The lowest BCUT2D eigenvalue weighted by Crippen LogP contribution is -2.42. The van der Waals surface area contributed by atoms with Crippen LogP contribution < -0.4 is 10.1 Å². The van der Waals surface area contributed by atoms with E-state index in [-0.39, 0.29) is 11.5 Å². The molecule has 0 saturated heterocycles. The molecule has 33 heavy (non-hydrogen) atoms. The molecule has 1 aliphatic carbocycles. The molecule has 1 unspecified atom stereocenters. The lowest BCUT2D eigenvalue weighted by molar-refractivity contribution is -0.0373. The highest BCUT2D eigenvalue weighted by Crippen LogP contribution is 2.49. The van der Waals surface area contributed by atoms with E-state index < -0.39 is 6.10 Å². The number of nitrogens with one attached hydrogen (secondary N) is 1. The molecule has 4 rings (SSSR count). The minimum atomic E-state index is -0.606. The number of hydrogen-bond donors (Lipinski definition) is 2. The van der Waals surface area contributed by atoms with E-state index in [1.54, 1.807) is 0 Å². The molecule has 2 heterocycles. The Kier molecular flexibility index (Phi) is 7.65. The number of amides is 1. The summed E-state index contributed by atoms with van der Waals surface area (Å²) in [5.74, 6) is 0.887. The van der Waals surface area contributed by atoms with E-state index in [1.165, 1.54) is 6.42 Å². The maximum Gasteiger partial charge on any atom is 0.287 e. The van der Waals surface area contributed by atoms with Crippen molar-refractivity contribution in [2.24, 2.45) is 0 Å². The maximum absolute atomic E-state index is 12.9. The van der Waals surface area contributed by atoms with E-state index >= 15 is 0 Å². The van der Waals surface area contributed by atoms with Gasteiger partial charge in [0.1, 0.15) is 16.9 Å². The van der Waals surface area contributed by atoms with E-state index in [0.29, 0.717) is 24.3 Å². The van der Waals surface area contributed by atoms with Crippen LogP contribution in [0.4, 0.5) is 0 Å². The molecule has 1 aliphatic heterocycles. The molecule has 1 spiro atoms. The number of aliphatic hydroxyl groups excluding tert-OH is 1. The monoisotopic (exact) mass is 456 g/mol. The van der Waals surface area contributed by atoms with Crippen LogP contribution in [0.3, 0.4) is 0 Å². The fourth-order valence-corrected chi connectivity index (χ4v) is 5.77. The highest BCUT2D eigenvalue weighted by molar-refractivity contribution is 6.00. The SMILES string of the molecule is CCCN(CCC)CCCNC(=O)c1oc2ccc3c(c2c1C)C(O)CC1(CCCCC1)O3. The van der Waals surface area contributed by atoms with E-state index in [1.807, 2.05) is 19.1 Å². The summed E-state index contributed by atoms with van der Waals surface area (Å²) in [5.41, 5.74) is 1.94. The smallest absolute Gasteiger partial charge is 0.287 e. The first-order valence-electron chi connectivity index (χ1n) is 12.9. The van der Waals surface area contributed by atoms with Crippen LogP contribution in [0.25, 0.3) is 11.0 Å². The number of carbonyl (C=O) groups excluding carboxylic acids is 1. The summed E-state index contributed by atoms with van der Waals surface area (Å²) in [5, 5.41) is 15.0. The molecule has 6 nitrogen and oxygen atoms in total. The molecule has 1 aromatic carbocycles. The number of ether oxygens (including phenoxy) is 1. The second kappa shape index (κ2) is 10.5. The van der Waals surface area contributed by atoms with Crippen molar-refractivity contribution in [1.82, 2.24) is 10.2 Å². The fraction of sp³-hybridized carbons (Fsp3) is 0.667. The zero-order chi connectivity index (χ0) is 23.4. The predicted octanol–water partition coefficient (Wildman–Crippen LogP) is 5.50. The Morgan fingerprint density at radius 1 is 1.15 bits per heavy atom. The molecular weight excluding hydrogens is 416 g/mol. The number of hydrogen-bond acceptors (Lipinski definition) is 5. The molecule has 1 atom stereocenters. The summed E-state index contributed by atoms with van der Waals surface area (Å²) in [4.78, 5) is 15.4. The molecule has 2 aliphatic rings. The summed E-state index contributed by atoms with van der Waals surface area (Å²) >= 11 is 0. The number of furan rings is 1. The van der Waals surface area contributed by atoms with Gasteiger partial charge in [0.2, 0.25) is 0 Å². The summed E-state index contributed by atoms with van der Waals surface area (Å²) < 4.78 is 12.5. The van der Waals surface area contributed by atoms with Crippen LogP contribution in [0, 0.1) is 6.92 Å². The Bertz CT molecular complexity index is 955. The number of aliphatic hydroxyl groups is 1. The lowest BCUT2D eigenvalue weighted by Gasteiger charge is -2.43. The van der Waals surface area contributed by atoms with Crippen molar-refractivity contribution in [2.45, 2.75) is 90.3 Å². The van der Waals surface area contributed by atoms with Crippen LogP contribution in [0.1, 0.15) is 99.4 Å². The van der Waals surface area contributed by atoms with E-state index in [0.717, 1.165) is 86.8 Å². The van der Waals surface area contributed by atoms with E-state index in [2.05, 4.69) is 24.1 Å². The molecular formula is C27H40N2O4. The van der Waals surface area contributed by atoms with Gasteiger partial charge in [-0.3, -0.25) is 4.79 Å². The Morgan fingerprint density at radius 2 is 1.88 bits per heavy atom. The zero-order valence-corrected chi connectivity index (χ0v) is 20.5. The lowest BCUT2D eigenvalue weighted by atomic mass is 9.77. The second-order valence-electron chi connectivity index (χ2n) is 9.92. The van der Waals surface area contributed by atoms with Crippen LogP contribution in [0.2, 0.25) is 0 Å². The minimum Gasteiger partial charge on any atom is -0.487 e. The van der Waals surface area contributed by atoms with E-state index in [9.17, 15) is 9.90 Å². The van der Waals surface area contributed by atoms with Crippen molar-refractivity contribution in [3.63, 3.8) is 0 Å². The molecule has 1 amide bonds. The molecule has 2 aromatic rings. The average Bonchev–Trinajstić information content (AvgIpc) is 3.13. The van der Waals surface area contributed by atoms with Gasteiger partial charge in [-0.25, -0.2) is 0 Å². The molecule has 0 radical (unpaired) electrons. The first-order valence-corrected chi connectivity index (χ1v) is 12.9. The van der Waals surface area contributed by atoms with Gasteiger partial charge in [-0.2, -0.15) is 0 Å². The highest BCUT2D eigenvalue weighted by Gasteiger charge is 2.42. The van der Waals surface area contributed by atoms with E-state index in [4.69, 9.17) is 9.15 Å². The second-order valence-corrected chi connectivity index (χ2v) is 9.92. The topological polar surface area (TPSA) is 74.9 Å². The largest absolute Gasteiger partial charge is 0.487 e. The minimum absolute atomic E-state index is 0.190. The van der Waals surface area contributed by atoms with Gasteiger partial charge in [0.15, 0.2) is 5.76 Å². The Labute approximate surface area is 197 Å². The number of rotatable bonds is 9. The van der Waals surface area contributed by atoms with Crippen molar-refractivity contribution in [3.05, 3.63) is 29.0 Å². The molecule has 6 heteroatoms. The molecule has 1 saturated carbocycles. The van der Waals surface area contributed by atoms with Crippen LogP contribution in [0.5, 0.6) is 5.75 Å². The molecule has 1 aromatic heterocycles. The van der Waals surface area contributed by atoms with Crippen LogP contribution in [-0.2, 0) is 0 Å². The first-order chi connectivity index (χ1) is 16.0. The van der Waals surface area contributed by atoms with Gasteiger partial charge in [-0.15, -0.1) is 0 Å². The van der Waals surface area contributed by atoms with Crippen molar-refractivity contribution in [1.29, 1.82) is 0 Å². The van der Waals surface area contributed by atoms with Gasteiger partial charge < -0.3 is 24.5 Å². The highest BCUT2D eigenvalue weighted by atomic mass is 16.5. The number of carbonyl (C=O) groups is 1. The third kappa shape index (κ3) is 5.07. The average molecular weight is 457 g/mol. The summed E-state index contributed by atoms with van der Waals surface area (Å²) in [6, 6.07) is 3.77. The molecule has 182 valence electrons. The van der Waals surface area contributed by atoms with Gasteiger partial charge in [0, 0.05) is 29.5 Å². The molecule has 0 bridgehead atoms. The van der Waals surface area contributed by atoms with Crippen LogP contribution in [-0.4, -0.2) is 47.7 Å². The third-order valence-corrected chi connectivity index (χ3v) is 7.31. The molecule has 2 N–H and O–H groups in total. The Hall–Kier alpha value is -2.05. The zero-order valence-electron chi connectivity index (χ0n) is 20.5. The predicted molar refractivity (Wildman–Crippen MR) is 131 cm³/mol. The van der Waals surface area contributed by atoms with Gasteiger partial charge in [0.05, 0.1) is 6.10 Å². The van der Waals surface area contributed by atoms with Gasteiger partial charge in [-0.05, 0) is 83.6 Å². The number of aryl methyl sites for hydroxylation is 1. The van der Waals surface area contributed by atoms with Crippen molar-refractivity contribution in [2.75, 3.05) is 26.2 Å². The standard InChI is InChI=1S/C27H40N2O4/c1-4-15-29(16-5-2)17-9-14-28-26(31)25-19(3)23-21(32-25)10-11-22-24(23)20(30)18-27(33-22)12-7-6-8-13-27/h10-11,20,30H,4-9,12-18H2,1-3H3,(H,28,31). The first kappa shape index (κ1) is 24.1. The fourth-order valence-electron chi connectivity index (χ4n) is 5.77. The van der Waals surface area contributed by atoms with Crippen molar-refractivity contribution >= 4 is 16.9 Å². The van der Waals surface area contributed by atoms with Crippen molar-refractivity contribution < 1.29 is 19.1 Å². The summed E-state index contributed by atoms with van der Waals surface area (Å²) in [6.07, 6.45) is 8.72. The summed E-state index contributed by atoms with van der Waals surface area (Å²) in [6.45, 7) is 10.1. The van der Waals surface area contributed by atoms with Gasteiger partial charge in [0.25, 0.3) is 5.91 Å². The summed E-state index contributed by atoms with van der Waals surface area (Å²) in [7, 11) is 0. The molecule has 1 fully saturated rings. The van der Waals surface area contributed by atoms with Crippen LogP contribution in [0.15, 0.2) is 16.5 Å². The van der Waals surface area contributed by atoms with Gasteiger partial charge >= 0.3 is 0 Å². The number of nitrogens with zero attached hydrogens (tertiary/aromatic N) is 1. The number of benzene rings is 1. The Balaban J connectivity index is 1.47. The third-order valence-electron chi connectivity index (χ3n) is 7.31. The van der Waals surface area contributed by atoms with Crippen molar-refractivity contribution in [3.8, 4) is 5.75 Å². The Morgan fingerprint density at radius 3 is 2.58 bits per heavy atom. The van der Waals surface area contributed by atoms with Crippen LogP contribution >= 0.6 is 0 Å². The number of fused-ring (bicyclic) bond motifs is 3. The normalized spacial score (nSPS) is 19.6. The quantitative estimate of drug-likeness (QED) is 0.487. The maximum atomic E-state index is 12.9.